The highest BCUT2D eigenvalue weighted by Gasteiger charge is 2.24. The van der Waals surface area contributed by atoms with Gasteiger partial charge in [0.2, 0.25) is 0 Å². The van der Waals surface area contributed by atoms with Crippen LogP contribution in [-0.2, 0) is 0 Å². The summed E-state index contributed by atoms with van der Waals surface area (Å²) >= 11 is 0. The molecule has 0 saturated heterocycles. The van der Waals surface area contributed by atoms with Gasteiger partial charge in [0.25, 0.3) is 5.91 Å². The molecule has 1 N–H and O–H groups in total. The fourth-order valence-corrected chi connectivity index (χ4v) is 3.27. The molecule has 2 aromatic heterocycles. The van der Waals surface area contributed by atoms with Crippen LogP contribution >= 0.6 is 0 Å². The van der Waals surface area contributed by atoms with Crippen LogP contribution in [0.3, 0.4) is 0 Å². The Morgan fingerprint density at radius 1 is 0.962 bits per heavy atom. The van der Waals surface area contributed by atoms with E-state index in [0.717, 1.165) is 36.6 Å². The highest BCUT2D eigenvalue weighted by molar-refractivity contribution is 5.95. The Balaban J connectivity index is 1.32. The van der Waals surface area contributed by atoms with E-state index in [1.165, 1.54) is 0 Å². The largest absolute Gasteiger partial charge is 0.460 e. The van der Waals surface area contributed by atoms with Gasteiger partial charge in [-0.05, 0) is 43.9 Å². The van der Waals surface area contributed by atoms with Gasteiger partial charge in [0.15, 0.2) is 0 Å². The Hall–Kier alpha value is -3.02. The van der Waals surface area contributed by atoms with Gasteiger partial charge in [-0.3, -0.25) is 4.79 Å². The molecule has 6 heteroatoms. The van der Waals surface area contributed by atoms with Gasteiger partial charge < -0.3 is 10.1 Å². The van der Waals surface area contributed by atoms with Gasteiger partial charge in [0.1, 0.15) is 11.8 Å². The van der Waals surface area contributed by atoms with E-state index in [-0.39, 0.29) is 18.1 Å². The third kappa shape index (κ3) is 3.79. The summed E-state index contributed by atoms with van der Waals surface area (Å²) in [5, 5.41) is 4.13. The summed E-state index contributed by atoms with van der Waals surface area (Å²) in [6.07, 6.45) is 6.93. The van der Waals surface area contributed by atoms with E-state index in [4.69, 9.17) is 4.74 Å². The minimum Gasteiger partial charge on any atom is -0.460 e. The first-order valence-electron chi connectivity index (χ1n) is 8.88. The number of carbonyl (C=O) groups excluding carboxylic acids is 1. The van der Waals surface area contributed by atoms with Crippen molar-refractivity contribution in [3.8, 4) is 6.01 Å². The minimum atomic E-state index is -0.119. The Morgan fingerprint density at radius 3 is 2.54 bits per heavy atom. The van der Waals surface area contributed by atoms with E-state index in [2.05, 4.69) is 20.3 Å². The minimum absolute atomic E-state index is 0.101. The van der Waals surface area contributed by atoms with Gasteiger partial charge in [0.05, 0.1) is 5.52 Å². The lowest BCUT2D eigenvalue weighted by atomic mass is 9.93. The molecule has 1 amide bonds. The first-order valence-corrected chi connectivity index (χ1v) is 8.88. The summed E-state index contributed by atoms with van der Waals surface area (Å²) in [5.74, 6) is -0.119. The Morgan fingerprint density at radius 2 is 1.73 bits per heavy atom. The lowest BCUT2D eigenvalue weighted by Gasteiger charge is -2.28. The Bertz CT molecular complexity index is 892. The van der Waals surface area contributed by atoms with Gasteiger partial charge in [0, 0.05) is 23.8 Å². The maximum absolute atomic E-state index is 12.5. The van der Waals surface area contributed by atoms with Crippen molar-refractivity contribution in [1.82, 2.24) is 20.3 Å². The van der Waals surface area contributed by atoms with Gasteiger partial charge in [-0.25, -0.2) is 15.0 Å². The topological polar surface area (TPSA) is 77.0 Å². The van der Waals surface area contributed by atoms with Crippen LogP contribution in [-0.4, -0.2) is 33.0 Å². The van der Waals surface area contributed by atoms with Crippen LogP contribution in [0.15, 0.2) is 54.9 Å². The standard InChI is InChI=1S/C20H20N4O2/c25-19(18-11-6-14-4-1-2-5-17(14)24-18)23-15-7-9-16(10-8-15)26-20-21-12-3-13-22-20/h1-6,11-13,15-16H,7-10H2,(H,23,25). The highest BCUT2D eigenvalue weighted by atomic mass is 16.5. The average molecular weight is 348 g/mol. The van der Waals surface area contributed by atoms with Crippen LogP contribution < -0.4 is 10.1 Å². The molecule has 26 heavy (non-hydrogen) atoms. The summed E-state index contributed by atoms with van der Waals surface area (Å²) in [6, 6.07) is 13.8. The third-order valence-electron chi connectivity index (χ3n) is 4.65. The Kier molecular flexibility index (Phi) is 4.73. The average Bonchev–Trinajstić information content (AvgIpc) is 2.70. The molecular weight excluding hydrogens is 328 g/mol. The van der Waals surface area contributed by atoms with Crippen LogP contribution in [0.1, 0.15) is 36.2 Å². The second-order valence-corrected chi connectivity index (χ2v) is 6.49. The fraction of sp³-hybridized carbons (Fsp3) is 0.300. The van der Waals surface area contributed by atoms with Crippen LogP contribution in [0.4, 0.5) is 0 Å². The number of ether oxygens (including phenoxy) is 1. The molecule has 0 aliphatic heterocycles. The van der Waals surface area contributed by atoms with Crippen molar-refractivity contribution >= 4 is 16.8 Å². The predicted octanol–water partition coefficient (Wildman–Crippen LogP) is 3.14. The maximum Gasteiger partial charge on any atom is 0.316 e. The number of benzene rings is 1. The molecule has 3 aromatic rings. The Labute approximate surface area is 151 Å². The van der Waals surface area contributed by atoms with Crippen molar-refractivity contribution in [2.45, 2.75) is 37.8 Å². The molecule has 1 fully saturated rings. The number of aromatic nitrogens is 3. The molecule has 1 aliphatic rings. The molecule has 0 radical (unpaired) electrons. The number of nitrogens with zero attached hydrogens (tertiary/aromatic N) is 3. The van der Waals surface area contributed by atoms with Gasteiger partial charge >= 0.3 is 6.01 Å². The quantitative estimate of drug-likeness (QED) is 0.784. The van der Waals surface area contributed by atoms with Gasteiger partial charge in [-0.1, -0.05) is 24.3 Å². The molecule has 1 saturated carbocycles. The summed E-state index contributed by atoms with van der Waals surface area (Å²) in [4.78, 5) is 25.1. The monoisotopic (exact) mass is 348 g/mol. The van der Waals surface area contributed by atoms with Crippen LogP contribution in [0.2, 0.25) is 0 Å². The molecule has 1 aliphatic carbocycles. The van der Waals surface area contributed by atoms with E-state index < -0.39 is 0 Å². The molecule has 0 atom stereocenters. The van der Waals surface area contributed by atoms with Gasteiger partial charge in [-0.15, -0.1) is 0 Å². The molecule has 6 nitrogen and oxygen atoms in total. The van der Waals surface area contributed by atoms with Crippen molar-refractivity contribution in [1.29, 1.82) is 0 Å². The number of fused-ring (bicyclic) bond motifs is 1. The molecule has 0 unspecified atom stereocenters. The van der Waals surface area contributed by atoms with Crippen molar-refractivity contribution in [3.05, 3.63) is 60.6 Å². The summed E-state index contributed by atoms with van der Waals surface area (Å²) < 4.78 is 5.79. The highest BCUT2D eigenvalue weighted by Crippen LogP contribution is 2.22. The number of hydrogen-bond acceptors (Lipinski definition) is 5. The molecule has 4 rings (SSSR count). The van der Waals surface area contributed by atoms with E-state index in [1.54, 1.807) is 24.5 Å². The van der Waals surface area contributed by atoms with Crippen molar-refractivity contribution < 1.29 is 9.53 Å². The number of amides is 1. The summed E-state index contributed by atoms with van der Waals surface area (Å²) in [7, 11) is 0. The second-order valence-electron chi connectivity index (χ2n) is 6.49. The van der Waals surface area contributed by atoms with Crippen molar-refractivity contribution in [2.75, 3.05) is 0 Å². The van der Waals surface area contributed by atoms with E-state index in [1.807, 2.05) is 30.3 Å². The number of para-hydroxylation sites is 1. The van der Waals surface area contributed by atoms with Crippen molar-refractivity contribution in [2.24, 2.45) is 0 Å². The van der Waals surface area contributed by atoms with Gasteiger partial charge in [-0.2, -0.15) is 0 Å². The van der Waals surface area contributed by atoms with Crippen LogP contribution in [0.25, 0.3) is 10.9 Å². The lowest BCUT2D eigenvalue weighted by molar-refractivity contribution is 0.0881. The van der Waals surface area contributed by atoms with Crippen LogP contribution in [0, 0.1) is 0 Å². The van der Waals surface area contributed by atoms with E-state index in [0.29, 0.717) is 11.7 Å². The van der Waals surface area contributed by atoms with E-state index in [9.17, 15) is 4.79 Å². The zero-order chi connectivity index (χ0) is 17.8. The zero-order valence-corrected chi connectivity index (χ0v) is 14.3. The molecule has 0 bridgehead atoms. The summed E-state index contributed by atoms with van der Waals surface area (Å²) in [6.45, 7) is 0. The fourth-order valence-electron chi connectivity index (χ4n) is 3.27. The smallest absolute Gasteiger partial charge is 0.316 e. The zero-order valence-electron chi connectivity index (χ0n) is 14.3. The normalized spacial score (nSPS) is 19.8. The molecular formula is C20H20N4O2. The van der Waals surface area contributed by atoms with Crippen molar-refractivity contribution in [3.63, 3.8) is 0 Å². The number of nitrogens with one attached hydrogen (secondary N) is 1. The molecule has 2 heterocycles. The first kappa shape index (κ1) is 16.4. The maximum atomic E-state index is 12.5. The first-order chi connectivity index (χ1) is 12.8. The van der Waals surface area contributed by atoms with Crippen LogP contribution in [0.5, 0.6) is 6.01 Å². The number of pyridine rings is 1. The molecule has 1 aromatic carbocycles. The predicted molar refractivity (Wildman–Crippen MR) is 97.9 cm³/mol. The second kappa shape index (κ2) is 7.47. The van der Waals surface area contributed by atoms with E-state index >= 15 is 0 Å². The SMILES string of the molecule is O=C(NC1CCC(Oc2ncccn2)CC1)c1ccc2ccccc2n1. The molecule has 132 valence electrons. The third-order valence-corrected chi connectivity index (χ3v) is 4.65. The molecule has 0 spiro atoms. The number of rotatable bonds is 4. The number of carbonyl (C=O) groups is 1. The lowest BCUT2D eigenvalue weighted by Crippen LogP contribution is -2.40. The summed E-state index contributed by atoms with van der Waals surface area (Å²) in [5.41, 5.74) is 1.29. The number of hydrogen-bond donors (Lipinski definition) is 1.